The first-order valence-electron chi connectivity index (χ1n) is 4.38. The number of aromatic nitrogens is 1. The minimum absolute atomic E-state index is 0.0931. The van der Waals surface area contributed by atoms with Crippen LogP contribution in [0.5, 0.6) is 0 Å². The standard InChI is InChI=1S/C10H10BrF3N2/c1-16(2)4-3-9-8(10(12,13)14)5-7(11)6-15-9/h3-6H,1-2H3/b4-3+. The third-order valence-corrected chi connectivity index (χ3v) is 2.15. The Balaban J connectivity index is 3.18. The first-order valence-corrected chi connectivity index (χ1v) is 5.17. The van der Waals surface area contributed by atoms with Crippen LogP contribution in [-0.2, 0) is 6.18 Å². The molecule has 0 aliphatic carbocycles. The van der Waals surface area contributed by atoms with Gasteiger partial charge in [-0.05, 0) is 28.1 Å². The van der Waals surface area contributed by atoms with E-state index in [1.165, 1.54) is 18.5 Å². The third kappa shape index (κ3) is 3.52. The van der Waals surface area contributed by atoms with Crippen LogP contribution in [0.1, 0.15) is 11.3 Å². The van der Waals surface area contributed by atoms with Gasteiger partial charge < -0.3 is 4.90 Å². The second-order valence-electron chi connectivity index (χ2n) is 3.36. The number of hydrogen-bond donors (Lipinski definition) is 0. The van der Waals surface area contributed by atoms with Gasteiger partial charge in [0.2, 0.25) is 0 Å². The van der Waals surface area contributed by atoms with E-state index < -0.39 is 11.7 Å². The summed E-state index contributed by atoms with van der Waals surface area (Å²) in [4.78, 5) is 5.38. The van der Waals surface area contributed by atoms with Crippen LogP contribution >= 0.6 is 15.9 Å². The lowest BCUT2D eigenvalue weighted by Gasteiger charge is -2.10. The van der Waals surface area contributed by atoms with E-state index in [1.54, 1.807) is 19.0 Å². The maximum absolute atomic E-state index is 12.6. The Morgan fingerprint density at radius 2 is 2.00 bits per heavy atom. The summed E-state index contributed by atoms with van der Waals surface area (Å²) in [6, 6.07) is 1.02. The Hall–Kier alpha value is -1.04. The van der Waals surface area contributed by atoms with Crippen LogP contribution in [0.4, 0.5) is 13.2 Å². The van der Waals surface area contributed by atoms with Crippen LogP contribution in [0.25, 0.3) is 6.08 Å². The number of rotatable bonds is 2. The largest absolute Gasteiger partial charge is 0.418 e. The Bertz CT molecular complexity index is 400. The first-order chi connectivity index (χ1) is 7.30. The van der Waals surface area contributed by atoms with Crippen molar-refractivity contribution in [2.75, 3.05) is 14.1 Å². The molecule has 0 aliphatic heterocycles. The SMILES string of the molecule is CN(C)/C=C/c1ncc(Br)cc1C(F)(F)F. The highest BCUT2D eigenvalue weighted by molar-refractivity contribution is 9.10. The molecule has 16 heavy (non-hydrogen) atoms. The topological polar surface area (TPSA) is 16.1 Å². The van der Waals surface area contributed by atoms with Gasteiger partial charge in [-0.1, -0.05) is 0 Å². The molecule has 88 valence electrons. The molecule has 1 aromatic heterocycles. The Morgan fingerprint density at radius 1 is 1.38 bits per heavy atom. The number of hydrogen-bond acceptors (Lipinski definition) is 2. The highest BCUT2D eigenvalue weighted by atomic mass is 79.9. The summed E-state index contributed by atoms with van der Waals surface area (Å²) in [5.41, 5.74) is -0.843. The van der Waals surface area contributed by atoms with Gasteiger partial charge in [0, 0.05) is 31.0 Å². The molecule has 0 bridgehead atoms. The third-order valence-electron chi connectivity index (χ3n) is 1.72. The quantitative estimate of drug-likeness (QED) is 0.831. The van der Waals surface area contributed by atoms with Gasteiger partial charge in [-0.3, -0.25) is 4.98 Å². The van der Waals surface area contributed by atoms with Crippen molar-refractivity contribution in [1.82, 2.24) is 9.88 Å². The Labute approximate surface area is 99.9 Å². The lowest BCUT2D eigenvalue weighted by molar-refractivity contribution is -0.138. The zero-order chi connectivity index (χ0) is 12.3. The average Bonchev–Trinajstić information content (AvgIpc) is 2.14. The monoisotopic (exact) mass is 294 g/mol. The lowest BCUT2D eigenvalue weighted by atomic mass is 10.2. The number of pyridine rings is 1. The number of alkyl halides is 3. The summed E-state index contributed by atoms with van der Waals surface area (Å²) in [6.07, 6.45) is -0.214. The van der Waals surface area contributed by atoms with Crippen molar-refractivity contribution in [2.24, 2.45) is 0 Å². The summed E-state index contributed by atoms with van der Waals surface area (Å²) in [5, 5.41) is 0. The van der Waals surface area contributed by atoms with E-state index in [0.717, 1.165) is 6.07 Å². The van der Waals surface area contributed by atoms with Crippen LogP contribution in [0.3, 0.4) is 0 Å². The molecule has 0 aromatic carbocycles. The predicted octanol–water partition coefficient (Wildman–Crippen LogP) is 3.40. The van der Waals surface area contributed by atoms with Gasteiger partial charge in [0.25, 0.3) is 0 Å². The van der Waals surface area contributed by atoms with Crippen molar-refractivity contribution in [1.29, 1.82) is 0 Å². The summed E-state index contributed by atoms with van der Waals surface area (Å²) in [5.74, 6) is 0. The van der Waals surface area contributed by atoms with Crippen molar-refractivity contribution in [3.05, 3.63) is 34.2 Å². The number of nitrogens with zero attached hydrogens (tertiary/aromatic N) is 2. The van der Waals surface area contributed by atoms with Crippen LogP contribution in [0, 0.1) is 0 Å². The summed E-state index contributed by atoms with van der Waals surface area (Å²) >= 11 is 2.97. The highest BCUT2D eigenvalue weighted by Crippen LogP contribution is 2.33. The number of halogens is 4. The predicted molar refractivity (Wildman–Crippen MR) is 59.7 cm³/mol. The summed E-state index contributed by atoms with van der Waals surface area (Å²) < 4.78 is 38.2. The molecule has 0 N–H and O–H groups in total. The zero-order valence-electron chi connectivity index (χ0n) is 8.72. The molecule has 0 saturated carbocycles. The van der Waals surface area contributed by atoms with E-state index >= 15 is 0 Å². The molecule has 6 heteroatoms. The first kappa shape index (κ1) is 13.0. The fourth-order valence-corrected chi connectivity index (χ4v) is 1.36. The van der Waals surface area contributed by atoms with Crippen LogP contribution in [0.2, 0.25) is 0 Å². The second kappa shape index (κ2) is 4.86. The van der Waals surface area contributed by atoms with Gasteiger partial charge >= 0.3 is 6.18 Å². The molecule has 0 amide bonds. The van der Waals surface area contributed by atoms with E-state index in [0.29, 0.717) is 4.47 Å². The molecule has 0 radical (unpaired) electrons. The van der Waals surface area contributed by atoms with Crippen molar-refractivity contribution in [3.63, 3.8) is 0 Å². The van der Waals surface area contributed by atoms with Gasteiger partial charge in [0.1, 0.15) is 0 Å². The molecule has 0 aliphatic rings. The van der Waals surface area contributed by atoms with Gasteiger partial charge in [-0.15, -0.1) is 0 Å². The van der Waals surface area contributed by atoms with Crippen LogP contribution in [0.15, 0.2) is 22.9 Å². The maximum Gasteiger partial charge on any atom is 0.418 e. The van der Waals surface area contributed by atoms with E-state index in [9.17, 15) is 13.2 Å². The van der Waals surface area contributed by atoms with E-state index in [2.05, 4.69) is 20.9 Å². The summed E-state index contributed by atoms with van der Waals surface area (Å²) in [7, 11) is 3.45. The Morgan fingerprint density at radius 3 is 2.50 bits per heavy atom. The van der Waals surface area contributed by atoms with Crippen LogP contribution < -0.4 is 0 Å². The average molecular weight is 295 g/mol. The molecule has 0 fully saturated rings. The normalized spacial score (nSPS) is 12.1. The highest BCUT2D eigenvalue weighted by Gasteiger charge is 2.33. The molecule has 0 spiro atoms. The molecule has 1 rings (SSSR count). The maximum atomic E-state index is 12.6. The van der Waals surface area contributed by atoms with Crippen LogP contribution in [-0.4, -0.2) is 24.0 Å². The smallest absolute Gasteiger partial charge is 0.383 e. The van der Waals surface area contributed by atoms with Crippen molar-refractivity contribution in [3.8, 4) is 0 Å². The Kier molecular flexibility index (Phi) is 3.96. The fraction of sp³-hybridized carbons (Fsp3) is 0.300. The molecule has 1 aromatic rings. The van der Waals surface area contributed by atoms with E-state index in [-0.39, 0.29) is 5.69 Å². The van der Waals surface area contributed by atoms with Gasteiger partial charge in [-0.2, -0.15) is 13.2 Å². The fourth-order valence-electron chi connectivity index (χ4n) is 1.03. The minimum atomic E-state index is -4.40. The van der Waals surface area contributed by atoms with Gasteiger partial charge in [0.15, 0.2) is 0 Å². The van der Waals surface area contributed by atoms with Crippen molar-refractivity contribution >= 4 is 22.0 Å². The van der Waals surface area contributed by atoms with Gasteiger partial charge in [0.05, 0.1) is 11.3 Å². The van der Waals surface area contributed by atoms with E-state index in [4.69, 9.17) is 0 Å². The molecular weight excluding hydrogens is 285 g/mol. The van der Waals surface area contributed by atoms with Crippen molar-refractivity contribution < 1.29 is 13.2 Å². The molecule has 0 atom stereocenters. The zero-order valence-corrected chi connectivity index (χ0v) is 10.3. The molecule has 0 unspecified atom stereocenters. The molecular formula is C10H10BrF3N2. The summed E-state index contributed by atoms with van der Waals surface area (Å²) in [6.45, 7) is 0. The molecule has 2 nitrogen and oxygen atoms in total. The second-order valence-corrected chi connectivity index (χ2v) is 4.28. The molecule has 1 heterocycles. The van der Waals surface area contributed by atoms with Crippen molar-refractivity contribution in [2.45, 2.75) is 6.18 Å². The van der Waals surface area contributed by atoms with Gasteiger partial charge in [-0.25, -0.2) is 0 Å². The lowest BCUT2D eigenvalue weighted by Crippen LogP contribution is -2.09. The van der Waals surface area contributed by atoms with E-state index in [1.807, 2.05) is 0 Å². The minimum Gasteiger partial charge on any atom is -0.383 e. The molecule has 0 saturated heterocycles.